The topological polar surface area (TPSA) is 13.1 Å². The lowest BCUT2D eigenvalue weighted by Gasteiger charge is -1.98. The lowest BCUT2D eigenvalue weighted by molar-refractivity contribution is 0.473. The minimum Gasteiger partial charge on any atom is -0.466 e. The third kappa shape index (κ3) is 2.72. The Morgan fingerprint density at radius 2 is 1.69 bits per heavy atom. The van der Waals surface area contributed by atoms with Gasteiger partial charge in [-0.05, 0) is 36.2 Å². The molecule has 0 spiro atoms. The summed E-state index contributed by atoms with van der Waals surface area (Å²) >= 11 is 0. The van der Waals surface area contributed by atoms with Crippen molar-refractivity contribution in [2.24, 2.45) is 0 Å². The normalized spacial score (nSPS) is 10.6. The third-order valence-electron chi connectivity index (χ3n) is 2.43. The maximum atomic E-state index is 12.7. The van der Waals surface area contributed by atoms with Gasteiger partial charge < -0.3 is 4.42 Å². The molecule has 2 aromatic rings. The predicted octanol–water partition coefficient (Wildman–Crippen LogP) is 3.78. The van der Waals surface area contributed by atoms with Gasteiger partial charge in [0, 0.05) is 12.8 Å². The first-order valence-corrected chi connectivity index (χ1v) is 5.39. The fourth-order valence-corrected chi connectivity index (χ4v) is 1.63. The van der Waals surface area contributed by atoms with Crippen LogP contribution in [0.25, 0.3) is 0 Å². The number of aryl methyl sites for hydroxylation is 1. The summed E-state index contributed by atoms with van der Waals surface area (Å²) in [7, 11) is 0. The van der Waals surface area contributed by atoms with Gasteiger partial charge in [-0.2, -0.15) is 0 Å². The van der Waals surface area contributed by atoms with Gasteiger partial charge in [0.05, 0.1) is 0 Å². The Balaban J connectivity index is 2.05. The molecule has 0 aliphatic carbocycles. The van der Waals surface area contributed by atoms with Gasteiger partial charge in [-0.1, -0.05) is 19.1 Å². The van der Waals surface area contributed by atoms with Gasteiger partial charge in [-0.15, -0.1) is 0 Å². The zero-order chi connectivity index (χ0) is 11.4. The Labute approximate surface area is 94.9 Å². The summed E-state index contributed by atoms with van der Waals surface area (Å²) in [4.78, 5) is 0. The number of hydrogen-bond acceptors (Lipinski definition) is 1. The first kappa shape index (κ1) is 10.9. The molecule has 0 atom stereocenters. The molecule has 1 radical (unpaired) electrons. The molecular weight excluding hydrogens is 203 g/mol. The number of halogens is 1. The third-order valence-corrected chi connectivity index (χ3v) is 2.43. The van der Waals surface area contributed by atoms with Gasteiger partial charge in [0.25, 0.3) is 0 Å². The SMILES string of the molecule is [CH2]CCc1ccc(Cc2ccc(F)cc2)o1. The minimum atomic E-state index is -0.207. The molecule has 0 aliphatic rings. The Morgan fingerprint density at radius 3 is 2.38 bits per heavy atom. The number of hydrogen-bond donors (Lipinski definition) is 0. The predicted molar refractivity (Wildman–Crippen MR) is 61.6 cm³/mol. The van der Waals surface area contributed by atoms with Crippen molar-refractivity contribution in [1.82, 2.24) is 0 Å². The molecule has 0 saturated carbocycles. The molecule has 2 rings (SSSR count). The Kier molecular flexibility index (Phi) is 3.40. The highest BCUT2D eigenvalue weighted by Gasteiger charge is 2.02. The molecule has 2 heteroatoms. The van der Waals surface area contributed by atoms with Gasteiger partial charge in [-0.25, -0.2) is 4.39 Å². The van der Waals surface area contributed by atoms with Gasteiger partial charge in [0.15, 0.2) is 0 Å². The lowest BCUT2D eigenvalue weighted by Crippen LogP contribution is -1.86. The van der Waals surface area contributed by atoms with E-state index >= 15 is 0 Å². The summed E-state index contributed by atoms with van der Waals surface area (Å²) in [6, 6.07) is 10.4. The van der Waals surface area contributed by atoms with E-state index in [9.17, 15) is 4.39 Å². The van der Waals surface area contributed by atoms with Crippen LogP contribution in [0.2, 0.25) is 0 Å². The summed E-state index contributed by atoms with van der Waals surface area (Å²) in [6.45, 7) is 3.78. The molecule has 0 N–H and O–H groups in total. The highest BCUT2D eigenvalue weighted by molar-refractivity contribution is 5.22. The second-order valence-corrected chi connectivity index (χ2v) is 3.77. The van der Waals surface area contributed by atoms with Crippen molar-refractivity contribution >= 4 is 0 Å². The van der Waals surface area contributed by atoms with Crippen molar-refractivity contribution in [1.29, 1.82) is 0 Å². The Bertz CT molecular complexity index is 442. The van der Waals surface area contributed by atoms with E-state index < -0.39 is 0 Å². The van der Waals surface area contributed by atoms with E-state index in [1.165, 1.54) is 12.1 Å². The van der Waals surface area contributed by atoms with Gasteiger partial charge in [-0.3, -0.25) is 0 Å². The second-order valence-electron chi connectivity index (χ2n) is 3.77. The molecular formula is C14H14FO. The molecule has 83 valence electrons. The van der Waals surface area contributed by atoms with E-state index in [4.69, 9.17) is 4.42 Å². The maximum Gasteiger partial charge on any atom is 0.123 e. The summed E-state index contributed by atoms with van der Waals surface area (Å²) in [5.41, 5.74) is 1.05. The average molecular weight is 217 g/mol. The van der Waals surface area contributed by atoms with Gasteiger partial charge in [0.2, 0.25) is 0 Å². The van der Waals surface area contributed by atoms with Crippen molar-refractivity contribution < 1.29 is 8.81 Å². The van der Waals surface area contributed by atoms with Crippen LogP contribution in [-0.4, -0.2) is 0 Å². The van der Waals surface area contributed by atoms with Crippen LogP contribution in [0.3, 0.4) is 0 Å². The van der Waals surface area contributed by atoms with Crippen molar-refractivity contribution in [2.75, 3.05) is 0 Å². The average Bonchev–Trinajstić information content (AvgIpc) is 2.70. The number of rotatable bonds is 4. The van der Waals surface area contributed by atoms with Crippen molar-refractivity contribution in [3.63, 3.8) is 0 Å². The second kappa shape index (κ2) is 4.97. The highest BCUT2D eigenvalue weighted by atomic mass is 19.1. The van der Waals surface area contributed by atoms with Crippen LogP contribution in [0.15, 0.2) is 40.8 Å². The molecule has 1 heterocycles. The minimum absolute atomic E-state index is 0.207. The Hall–Kier alpha value is -1.57. The van der Waals surface area contributed by atoms with Gasteiger partial charge in [0.1, 0.15) is 17.3 Å². The van der Waals surface area contributed by atoms with Crippen LogP contribution < -0.4 is 0 Å². The summed E-state index contributed by atoms with van der Waals surface area (Å²) < 4.78 is 18.3. The van der Waals surface area contributed by atoms with Crippen LogP contribution >= 0.6 is 0 Å². The standard InChI is InChI=1S/C14H14FO/c1-2-3-13-8-9-14(16-13)10-11-4-6-12(15)7-5-11/h4-9H,1-3,10H2. The lowest BCUT2D eigenvalue weighted by atomic mass is 10.1. The van der Waals surface area contributed by atoms with Crippen molar-refractivity contribution in [3.05, 3.63) is 66.2 Å². The highest BCUT2D eigenvalue weighted by Crippen LogP contribution is 2.14. The van der Waals surface area contributed by atoms with E-state index in [0.717, 1.165) is 29.9 Å². The maximum absolute atomic E-state index is 12.7. The quantitative estimate of drug-likeness (QED) is 0.759. The zero-order valence-corrected chi connectivity index (χ0v) is 9.08. The number of benzene rings is 1. The molecule has 16 heavy (non-hydrogen) atoms. The summed E-state index contributed by atoms with van der Waals surface area (Å²) in [5.74, 6) is 1.67. The monoisotopic (exact) mass is 217 g/mol. The molecule has 1 aromatic heterocycles. The smallest absolute Gasteiger partial charge is 0.123 e. The van der Waals surface area contributed by atoms with E-state index in [0.29, 0.717) is 6.42 Å². The van der Waals surface area contributed by atoms with E-state index in [1.807, 2.05) is 12.1 Å². The van der Waals surface area contributed by atoms with Crippen LogP contribution in [0, 0.1) is 12.7 Å². The largest absolute Gasteiger partial charge is 0.466 e. The summed E-state index contributed by atoms with van der Waals surface area (Å²) in [6.07, 6.45) is 2.41. The van der Waals surface area contributed by atoms with Crippen LogP contribution in [0.1, 0.15) is 23.5 Å². The first-order chi connectivity index (χ1) is 7.78. The molecule has 1 aromatic carbocycles. The first-order valence-electron chi connectivity index (χ1n) is 5.39. The van der Waals surface area contributed by atoms with Gasteiger partial charge >= 0.3 is 0 Å². The fourth-order valence-electron chi connectivity index (χ4n) is 1.63. The molecule has 0 aliphatic heterocycles. The molecule has 1 nitrogen and oxygen atoms in total. The van der Waals surface area contributed by atoms with Crippen LogP contribution in [0.5, 0.6) is 0 Å². The Morgan fingerprint density at radius 1 is 1.00 bits per heavy atom. The van der Waals surface area contributed by atoms with Crippen molar-refractivity contribution in [3.8, 4) is 0 Å². The molecule has 0 amide bonds. The van der Waals surface area contributed by atoms with E-state index in [1.54, 1.807) is 12.1 Å². The molecule has 0 saturated heterocycles. The summed E-state index contributed by atoms with van der Waals surface area (Å²) in [5, 5.41) is 0. The number of furan rings is 1. The van der Waals surface area contributed by atoms with E-state index in [2.05, 4.69) is 6.92 Å². The van der Waals surface area contributed by atoms with E-state index in [-0.39, 0.29) is 5.82 Å². The van der Waals surface area contributed by atoms with Crippen LogP contribution in [-0.2, 0) is 12.8 Å². The molecule has 0 unspecified atom stereocenters. The zero-order valence-electron chi connectivity index (χ0n) is 9.08. The molecule has 0 fully saturated rings. The van der Waals surface area contributed by atoms with Crippen molar-refractivity contribution in [2.45, 2.75) is 19.3 Å². The molecule has 0 bridgehead atoms. The fraction of sp³-hybridized carbons (Fsp3) is 0.214. The van der Waals surface area contributed by atoms with Crippen LogP contribution in [0.4, 0.5) is 4.39 Å².